The Morgan fingerprint density at radius 3 is 2.28 bits per heavy atom. The molecule has 134 valence electrons. The highest BCUT2D eigenvalue weighted by molar-refractivity contribution is 5.91. The third-order valence-corrected chi connectivity index (χ3v) is 4.04. The van der Waals surface area contributed by atoms with Gasteiger partial charge in [0.05, 0.1) is 12.7 Å². The standard InChI is InChI=1S/C19H23NO5/c1-24-19(23)16-9-6-15(7-10-16)8-11-18(22)25-14-17(21)20-12-4-2-3-5-13-20/h6-11H,2-5,12-14H2,1H3/b11-8-. The Balaban J connectivity index is 1.80. The minimum atomic E-state index is -0.569. The lowest BCUT2D eigenvalue weighted by Crippen LogP contribution is -2.35. The minimum absolute atomic E-state index is 0.147. The molecule has 0 saturated carbocycles. The van der Waals surface area contributed by atoms with E-state index in [4.69, 9.17) is 4.74 Å². The molecule has 0 atom stereocenters. The summed E-state index contributed by atoms with van der Waals surface area (Å²) < 4.78 is 9.63. The van der Waals surface area contributed by atoms with Crippen LogP contribution in [0.2, 0.25) is 0 Å². The Labute approximate surface area is 147 Å². The highest BCUT2D eigenvalue weighted by Gasteiger charge is 2.16. The van der Waals surface area contributed by atoms with E-state index in [1.54, 1.807) is 35.2 Å². The van der Waals surface area contributed by atoms with Crippen LogP contribution in [-0.2, 0) is 19.1 Å². The second-order valence-electron chi connectivity index (χ2n) is 5.85. The third-order valence-electron chi connectivity index (χ3n) is 4.04. The van der Waals surface area contributed by atoms with E-state index in [2.05, 4.69) is 4.74 Å². The molecular weight excluding hydrogens is 322 g/mol. The molecule has 0 N–H and O–H groups in total. The lowest BCUT2D eigenvalue weighted by atomic mass is 10.1. The van der Waals surface area contributed by atoms with Crippen LogP contribution in [0, 0.1) is 0 Å². The molecule has 2 rings (SSSR count). The van der Waals surface area contributed by atoms with E-state index in [-0.39, 0.29) is 12.5 Å². The highest BCUT2D eigenvalue weighted by Crippen LogP contribution is 2.10. The van der Waals surface area contributed by atoms with Gasteiger partial charge in [-0.3, -0.25) is 4.79 Å². The average molecular weight is 345 g/mol. The number of carbonyl (C=O) groups excluding carboxylic acids is 3. The van der Waals surface area contributed by atoms with Gasteiger partial charge in [0.2, 0.25) is 0 Å². The quantitative estimate of drug-likeness (QED) is 0.605. The predicted molar refractivity (Wildman–Crippen MR) is 92.8 cm³/mol. The summed E-state index contributed by atoms with van der Waals surface area (Å²) in [4.78, 5) is 36.9. The van der Waals surface area contributed by atoms with Crippen molar-refractivity contribution in [3.8, 4) is 0 Å². The molecule has 1 amide bonds. The highest BCUT2D eigenvalue weighted by atomic mass is 16.5. The van der Waals surface area contributed by atoms with Crippen molar-refractivity contribution in [2.75, 3.05) is 26.8 Å². The number of amides is 1. The molecule has 1 aliphatic rings. The van der Waals surface area contributed by atoms with Crippen LogP contribution < -0.4 is 0 Å². The predicted octanol–water partition coefficient (Wildman–Crippen LogP) is 2.43. The van der Waals surface area contributed by atoms with Crippen molar-refractivity contribution in [2.24, 2.45) is 0 Å². The molecule has 1 aromatic carbocycles. The number of ether oxygens (including phenoxy) is 2. The third kappa shape index (κ3) is 6.06. The molecule has 1 heterocycles. The van der Waals surface area contributed by atoms with Gasteiger partial charge in [0, 0.05) is 19.2 Å². The summed E-state index contributed by atoms with van der Waals surface area (Å²) in [5, 5.41) is 0. The summed E-state index contributed by atoms with van der Waals surface area (Å²) in [7, 11) is 1.32. The monoisotopic (exact) mass is 345 g/mol. The van der Waals surface area contributed by atoms with E-state index in [0.717, 1.165) is 44.3 Å². The van der Waals surface area contributed by atoms with Gasteiger partial charge in [-0.15, -0.1) is 0 Å². The fraction of sp³-hybridized carbons (Fsp3) is 0.421. The van der Waals surface area contributed by atoms with E-state index < -0.39 is 11.9 Å². The van der Waals surface area contributed by atoms with Crippen molar-refractivity contribution < 1.29 is 23.9 Å². The second kappa shape index (κ2) is 9.61. The lowest BCUT2D eigenvalue weighted by molar-refractivity contribution is -0.148. The summed E-state index contributed by atoms with van der Waals surface area (Å²) in [5.41, 5.74) is 1.17. The number of hydrogen-bond acceptors (Lipinski definition) is 5. The number of carbonyl (C=O) groups is 3. The molecule has 0 radical (unpaired) electrons. The van der Waals surface area contributed by atoms with Crippen LogP contribution in [0.15, 0.2) is 30.3 Å². The molecule has 0 aromatic heterocycles. The molecule has 1 aromatic rings. The summed E-state index contributed by atoms with van der Waals surface area (Å²) in [6, 6.07) is 6.61. The van der Waals surface area contributed by atoms with Gasteiger partial charge in [-0.25, -0.2) is 9.59 Å². The van der Waals surface area contributed by atoms with Crippen LogP contribution >= 0.6 is 0 Å². The average Bonchev–Trinajstić information content (AvgIpc) is 2.93. The van der Waals surface area contributed by atoms with Crippen molar-refractivity contribution in [2.45, 2.75) is 25.7 Å². The van der Waals surface area contributed by atoms with Crippen LogP contribution in [-0.4, -0.2) is 49.6 Å². The lowest BCUT2D eigenvalue weighted by Gasteiger charge is -2.19. The van der Waals surface area contributed by atoms with Crippen molar-refractivity contribution in [1.29, 1.82) is 0 Å². The van der Waals surface area contributed by atoms with Crippen molar-refractivity contribution in [3.05, 3.63) is 41.5 Å². The number of hydrogen-bond donors (Lipinski definition) is 0. The Morgan fingerprint density at radius 1 is 1.04 bits per heavy atom. The topological polar surface area (TPSA) is 72.9 Å². The Bertz CT molecular complexity index is 628. The van der Waals surface area contributed by atoms with E-state index in [0.29, 0.717) is 5.56 Å². The summed E-state index contributed by atoms with van der Waals surface area (Å²) in [6.07, 6.45) is 7.12. The Morgan fingerprint density at radius 2 is 1.68 bits per heavy atom. The van der Waals surface area contributed by atoms with E-state index in [1.807, 2.05) is 0 Å². The number of likely N-dealkylation sites (tertiary alicyclic amines) is 1. The summed E-state index contributed by atoms with van der Waals surface area (Å²) in [6.45, 7) is 1.24. The molecule has 0 bridgehead atoms. The normalized spacial score (nSPS) is 14.8. The molecule has 1 fully saturated rings. The maximum absolute atomic E-state index is 12.0. The van der Waals surface area contributed by atoms with Gasteiger partial charge in [-0.1, -0.05) is 25.0 Å². The van der Waals surface area contributed by atoms with E-state index in [1.165, 1.54) is 13.2 Å². The van der Waals surface area contributed by atoms with Gasteiger partial charge in [0.1, 0.15) is 0 Å². The SMILES string of the molecule is COC(=O)c1ccc(/C=C\C(=O)OCC(=O)N2CCCCCC2)cc1. The zero-order valence-electron chi connectivity index (χ0n) is 14.4. The van der Waals surface area contributed by atoms with Gasteiger partial charge >= 0.3 is 11.9 Å². The number of esters is 2. The Kier molecular flexibility index (Phi) is 7.19. The molecule has 25 heavy (non-hydrogen) atoms. The molecule has 0 spiro atoms. The van der Waals surface area contributed by atoms with Gasteiger partial charge in [0.15, 0.2) is 6.61 Å². The zero-order chi connectivity index (χ0) is 18.1. The minimum Gasteiger partial charge on any atom is -0.465 e. The van der Waals surface area contributed by atoms with E-state index >= 15 is 0 Å². The van der Waals surface area contributed by atoms with Crippen LogP contribution in [0.25, 0.3) is 6.08 Å². The van der Waals surface area contributed by atoms with Gasteiger partial charge in [-0.05, 0) is 36.6 Å². The number of nitrogens with zero attached hydrogens (tertiary/aromatic N) is 1. The van der Waals surface area contributed by atoms with E-state index in [9.17, 15) is 14.4 Å². The first-order valence-electron chi connectivity index (χ1n) is 8.41. The van der Waals surface area contributed by atoms with Crippen LogP contribution in [0.1, 0.15) is 41.6 Å². The fourth-order valence-electron chi connectivity index (χ4n) is 2.60. The molecule has 6 heteroatoms. The number of rotatable bonds is 5. The first-order chi connectivity index (χ1) is 12.1. The zero-order valence-corrected chi connectivity index (χ0v) is 14.4. The van der Waals surface area contributed by atoms with Gasteiger partial charge in [0.25, 0.3) is 5.91 Å². The maximum Gasteiger partial charge on any atom is 0.337 e. The van der Waals surface area contributed by atoms with Crippen molar-refractivity contribution in [1.82, 2.24) is 4.90 Å². The fourth-order valence-corrected chi connectivity index (χ4v) is 2.60. The number of methoxy groups -OCH3 is 1. The Hall–Kier alpha value is -2.63. The first kappa shape index (κ1) is 18.7. The smallest absolute Gasteiger partial charge is 0.337 e. The first-order valence-corrected chi connectivity index (χ1v) is 8.41. The summed E-state index contributed by atoms with van der Waals surface area (Å²) >= 11 is 0. The molecule has 0 unspecified atom stereocenters. The van der Waals surface area contributed by atoms with Crippen LogP contribution in [0.3, 0.4) is 0 Å². The maximum atomic E-state index is 12.0. The molecule has 0 aliphatic carbocycles. The summed E-state index contributed by atoms with van der Waals surface area (Å²) in [5.74, 6) is -1.13. The van der Waals surface area contributed by atoms with Gasteiger partial charge in [-0.2, -0.15) is 0 Å². The largest absolute Gasteiger partial charge is 0.465 e. The molecular formula is C19H23NO5. The molecule has 6 nitrogen and oxygen atoms in total. The van der Waals surface area contributed by atoms with Crippen molar-refractivity contribution >= 4 is 23.9 Å². The van der Waals surface area contributed by atoms with Crippen molar-refractivity contribution in [3.63, 3.8) is 0 Å². The second-order valence-corrected chi connectivity index (χ2v) is 5.85. The molecule has 1 aliphatic heterocycles. The number of benzene rings is 1. The van der Waals surface area contributed by atoms with Crippen LogP contribution in [0.4, 0.5) is 0 Å². The van der Waals surface area contributed by atoms with Gasteiger partial charge < -0.3 is 14.4 Å². The van der Waals surface area contributed by atoms with Crippen LogP contribution in [0.5, 0.6) is 0 Å². The molecule has 1 saturated heterocycles.